The van der Waals surface area contributed by atoms with E-state index in [1.807, 2.05) is 11.0 Å². The SMILES string of the molecule is Cc1c(N(CCO)CC2CCCN2)cccc1[N+](=O)[O-]. The van der Waals surface area contributed by atoms with E-state index in [-0.39, 0.29) is 17.2 Å². The second kappa shape index (κ2) is 6.67. The fraction of sp³-hybridized carbons (Fsp3) is 0.571. The zero-order chi connectivity index (χ0) is 14.5. The number of nitrogens with zero attached hydrogens (tertiary/aromatic N) is 2. The molecule has 0 saturated carbocycles. The molecule has 0 radical (unpaired) electrons. The van der Waals surface area contributed by atoms with Gasteiger partial charge >= 0.3 is 0 Å². The summed E-state index contributed by atoms with van der Waals surface area (Å²) in [4.78, 5) is 12.7. The van der Waals surface area contributed by atoms with E-state index in [0.29, 0.717) is 18.2 Å². The monoisotopic (exact) mass is 279 g/mol. The molecule has 1 unspecified atom stereocenters. The normalized spacial score (nSPS) is 18.2. The third-order valence-corrected chi connectivity index (χ3v) is 3.79. The molecule has 0 aromatic heterocycles. The number of aliphatic hydroxyl groups excluding tert-OH is 1. The van der Waals surface area contributed by atoms with Crippen molar-refractivity contribution in [2.45, 2.75) is 25.8 Å². The highest BCUT2D eigenvalue weighted by Crippen LogP contribution is 2.28. The molecule has 1 aliphatic heterocycles. The Kier molecular flexibility index (Phi) is 4.92. The number of anilines is 1. The van der Waals surface area contributed by atoms with Crippen molar-refractivity contribution in [2.75, 3.05) is 31.1 Å². The predicted molar refractivity (Wildman–Crippen MR) is 78.2 cm³/mol. The van der Waals surface area contributed by atoms with E-state index in [0.717, 1.165) is 31.6 Å². The number of nitro benzene ring substituents is 1. The molecule has 2 N–H and O–H groups in total. The summed E-state index contributed by atoms with van der Waals surface area (Å²) in [7, 11) is 0. The summed E-state index contributed by atoms with van der Waals surface area (Å²) in [6.07, 6.45) is 2.27. The average Bonchev–Trinajstić information content (AvgIpc) is 2.91. The number of benzene rings is 1. The van der Waals surface area contributed by atoms with Crippen LogP contribution in [0, 0.1) is 17.0 Å². The molecule has 20 heavy (non-hydrogen) atoms. The molecule has 1 aromatic rings. The third kappa shape index (κ3) is 3.26. The molecule has 1 saturated heterocycles. The number of nitro groups is 1. The van der Waals surface area contributed by atoms with E-state index >= 15 is 0 Å². The fourth-order valence-electron chi connectivity index (χ4n) is 2.76. The van der Waals surface area contributed by atoms with Crippen molar-refractivity contribution in [2.24, 2.45) is 0 Å². The first-order chi connectivity index (χ1) is 9.63. The van der Waals surface area contributed by atoms with Crippen molar-refractivity contribution in [1.82, 2.24) is 5.32 Å². The molecule has 1 aliphatic rings. The summed E-state index contributed by atoms with van der Waals surface area (Å²) in [5, 5.41) is 23.7. The smallest absolute Gasteiger partial charge is 0.274 e. The Labute approximate surface area is 118 Å². The molecule has 6 nitrogen and oxygen atoms in total. The zero-order valence-corrected chi connectivity index (χ0v) is 11.7. The minimum Gasteiger partial charge on any atom is -0.395 e. The van der Waals surface area contributed by atoms with Gasteiger partial charge in [-0.2, -0.15) is 0 Å². The van der Waals surface area contributed by atoms with Gasteiger partial charge < -0.3 is 15.3 Å². The van der Waals surface area contributed by atoms with Crippen LogP contribution >= 0.6 is 0 Å². The van der Waals surface area contributed by atoms with Crippen molar-refractivity contribution in [3.8, 4) is 0 Å². The quantitative estimate of drug-likeness (QED) is 0.609. The van der Waals surface area contributed by atoms with Crippen molar-refractivity contribution in [3.63, 3.8) is 0 Å². The summed E-state index contributed by atoms with van der Waals surface area (Å²) in [6, 6.07) is 5.49. The molecule has 2 rings (SSSR count). The number of hydrogen-bond donors (Lipinski definition) is 2. The van der Waals surface area contributed by atoms with Gasteiger partial charge in [0.2, 0.25) is 0 Å². The Hall–Kier alpha value is -1.66. The third-order valence-electron chi connectivity index (χ3n) is 3.79. The lowest BCUT2D eigenvalue weighted by molar-refractivity contribution is -0.385. The zero-order valence-electron chi connectivity index (χ0n) is 11.7. The van der Waals surface area contributed by atoms with Crippen LogP contribution in [0.25, 0.3) is 0 Å². The molecule has 0 bridgehead atoms. The standard InChI is InChI=1S/C14H21N3O3/c1-11-13(5-2-6-14(11)17(19)20)16(8-9-18)10-12-4-3-7-15-12/h2,5-6,12,15,18H,3-4,7-10H2,1H3. The molecular formula is C14H21N3O3. The molecule has 6 heteroatoms. The Morgan fingerprint density at radius 3 is 2.95 bits per heavy atom. The average molecular weight is 279 g/mol. The molecule has 0 aliphatic carbocycles. The summed E-state index contributed by atoms with van der Waals surface area (Å²) in [5.41, 5.74) is 1.62. The van der Waals surface area contributed by atoms with E-state index in [4.69, 9.17) is 0 Å². The Balaban J connectivity index is 2.23. The van der Waals surface area contributed by atoms with Gasteiger partial charge in [0.25, 0.3) is 5.69 Å². The van der Waals surface area contributed by atoms with Crippen molar-refractivity contribution in [3.05, 3.63) is 33.9 Å². The topological polar surface area (TPSA) is 78.6 Å². The van der Waals surface area contributed by atoms with Crippen molar-refractivity contribution in [1.29, 1.82) is 0 Å². The van der Waals surface area contributed by atoms with Crippen LogP contribution in [-0.4, -0.2) is 42.3 Å². The predicted octanol–water partition coefficient (Wildman–Crippen LogP) is 1.45. The van der Waals surface area contributed by atoms with Crippen LogP contribution in [0.5, 0.6) is 0 Å². The summed E-state index contributed by atoms with van der Waals surface area (Å²) in [6.45, 7) is 4.07. The van der Waals surface area contributed by atoms with E-state index in [1.165, 1.54) is 6.07 Å². The van der Waals surface area contributed by atoms with Gasteiger partial charge in [0.1, 0.15) is 0 Å². The van der Waals surface area contributed by atoms with Gasteiger partial charge in [0.15, 0.2) is 0 Å². The molecule has 0 amide bonds. The number of hydrogen-bond acceptors (Lipinski definition) is 5. The lowest BCUT2D eigenvalue weighted by atomic mass is 10.1. The maximum atomic E-state index is 11.0. The van der Waals surface area contributed by atoms with Gasteiger partial charge in [-0.3, -0.25) is 10.1 Å². The van der Waals surface area contributed by atoms with Gasteiger partial charge in [-0.1, -0.05) is 6.07 Å². The van der Waals surface area contributed by atoms with Gasteiger partial charge in [0, 0.05) is 30.9 Å². The maximum absolute atomic E-state index is 11.0. The van der Waals surface area contributed by atoms with Gasteiger partial charge in [-0.15, -0.1) is 0 Å². The molecule has 1 atom stereocenters. The van der Waals surface area contributed by atoms with Gasteiger partial charge in [0.05, 0.1) is 17.1 Å². The first-order valence-electron chi connectivity index (χ1n) is 6.96. The van der Waals surface area contributed by atoms with Gasteiger partial charge in [-0.25, -0.2) is 0 Å². The van der Waals surface area contributed by atoms with Crippen LogP contribution in [0.4, 0.5) is 11.4 Å². The molecule has 0 spiro atoms. The van der Waals surface area contributed by atoms with Gasteiger partial charge in [-0.05, 0) is 32.4 Å². The lowest BCUT2D eigenvalue weighted by Crippen LogP contribution is -2.39. The van der Waals surface area contributed by atoms with E-state index in [2.05, 4.69) is 5.32 Å². The Morgan fingerprint density at radius 2 is 2.35 bits per heavy atom. The molecule has 1 fully saturated rings. The lowest BCUT2D eigenvalue weighted by Gasteiger charge is -2.28. The van der Waals surface area contributed by atoms with Crippen LogP contribution in [0.15, 0.2) is 18.2 Å². The number of aliphatic hydroxyl groups is 1. The summed E-state index contributed by atoms with van der Waals surface area (Å²) >= 11 is 0. The first kappa shape index (κ1) is 14.7. The largest absolute Gasteiger partial charge is 0.395 e. The van der Waals surface area contributed by atoms with Crippen molar-refractivity contribution >= 4 is 11.4 Å². The first-order valence-corrected chi connectivity index (χ1v) is 6.96. The van der Waals surface area contributed by atoms with Crippen LogP contribution in [0.3, 0.4) is 0 Å². The van der Waals surface area contributed by atoms with E-state index in [9.17, 15) is 15.2 Å². The molecular weight excluding hydrogens is 258 g/mol. The highest BCUT2D eigenvalue weighted by Gasteiger charge is 2.21. The molecule has 1 heterocycles. The minimum absolute atomic E-state index is 0.0366. The molecule has 110 valence electrons. The highest BCUT2D eigenvalue weighted by atomic mass is 16.6. The maximum Gasteiger partial charge on any atom is 0.274 e. The summed E-state index contributed by atoms with van der Waals surface area (Å²) in [5.74, 6) is 0. The van der Waals surface area contributed by atoms with Crippen LogP contribution in [-0.2, 0) is 0 Å². The second-order valence-corrected chi connectivity index (χ2v) is 5.14. The Bertz CT molecular complexity index is 473. The van der Waals surface area contributed by atoms with E-state index in [1.54, 1.807) is 13.0 Å². The fourth-order valence-corrected chi connectivity index (χ4v) is 2.76. The van der Waals surface area contributed by atoms with Crippen LogP contribution < -0.4 is 10.2 Å². The molecule has 1 aromatic carbocycles. The number of nitrogens with one attached hydrogen (secondary N) is 1. The summed E-state index contributed by atoms with van der Waals surface area (Å²) < 4.78 is 0. The highest BCUT2D eigenvalue weighted by molar-refractivity contribution is 5.61. The second-order valence-electron chi connectivity index (χ2n) is 5.14. The van der Waals surface area contributed by atoms with E-state index < -0.39 is 0 Å². The minimum atomic E-state index is -0.357. The van der Waals surface area contributed by atoms with Crippen molar-refractivity contribution < 1.29 is 10.0 Å². The number of rotatable bonds is 6. The Morgan fingerprint density at radius 1 is 1.55 bits per heavy atom. The van der Waals surface area contributed by atoms with Crippen LogP contribution in [0.2, 0.25) is 0 Å². The van der Waals surface area contributed by atoms with Crippen LogP contribution in [0.1, 0.15) is 18.4 Å².